The molecule has 2 saturated carbocycles. The van der Waals surface area contributed by atoms with E-state index in [1.807, 2.05) is 9.80 Å². The van der Waals surface area contributed by atoms with Crippen LogP contribution in [0.1, 0.15) is 50.1 Å². The van der Waals surface area contributed by atoms with Crippen LogP contribution in [0.3, 0.4) is 0 Å². The second kappa shape index (κ2) is 15.4. The van der Waals surface area contributed by atoms with Gasteiger partial charge in [0.15, 0.2) is 12.4 Å². The maximum atomic E-state index is 15.4. The first kappa shape index (κ1) is 42.8. The van der Waals surface area contributed by atoms with Crippen molar-refractivity contribution < 1.29 is 36.3 Å². The second-order valence-electron chi connectivity index (χ2n) is 18.9. The molecule has 3 saturated heterocycles. The van der Waals surface area contributed by atoms with Gasteiger partial charge in [-0.3, -0.25) is 29.3 Å². The average Bonchev–Trinajstić information content (AvgIpc) is 4.15. The van der Waals surface area contributed by atoms with Crippen molar-refractivity contribution in [3.05, 3.63) is 63.7 Å². The van der Waals surface area contributed by atoms with Crippen LogP contribution < -0.4 is 36.0 Å². The average molecular weight is 936 g/mol. The summed E-state index contributed by atoms with van der Waals surface area (Å²) in [6.07, 6.45) is 0.260. The standard InChI is InChI=1S/C45H47ClF5N11O4/c1-58-30-8-6-25(16-28(30)35-37(40(58)65)66-22-44(47,48)41(55-35)43-17-24(43)18-43)53-38-29(46)19-52-42(56-38)61-12-10-23(11-13-61)20-60-14-15-62(32(21-60)45(49,50)51)31-5-3-4-26-34(57-59(2)36(26)31)27-7-9-33(63)54-39(27)64/h3-6,8,16,19,23-24,27,32,41,55H,7,9-15,17-18,20-22H2,1-2H3,(H,52,53,56)(H,54,63,64)/t24?,27?,32-,41+,43?/m1/s1. The number of carbonyl (C=O) groups excluding carboxylic acids is 2. The molecule has 21 heteroatoms. The van der Waals surface area contributed by atoms with Crippen LogP contribution in [-0.4, -0.2) is 111 Å². The SMILES string of the molecule is Cn1nc(C2CCC(=O)NC2=O)c2cccc(N3CCN(CC4CCN(c5ncc(Cl)c(Nc6ccc7c(c6)c6c(c(=O)n7C)OCC(F)(F)[C@H](C78CC7C8)N6)n5)CC4)C[C@@H]3C(F)(F)F)c21. The minimum absolute atomic E-state index is 0.134. The molecule has 7 heterocycles. The monoisotopic (exact) mass is 935 g/mol. The van der Waals surface area contributed by atoms with Gasteiger partial charge in [-0.15, -0.1) is 0 Å². The number of nitrogens with one attached hydrogen (secondary N) is 3. The van der Waals surface area contributed by atoms with E-state index in [0.717, 1.165) is 12.8 Å². The molecule has 3 N–H and O–H groups in total. The third-order valence-corrected chi connectivity index (χ3v) is 15.1. The Bertz CT molecular complexity index is 2880. The van der Waals surface area contributed by atoms with Gasteiger partial charge >= 0.3 is 12.1 Å². The fourth-order valence-electron chi connectivity index (χ4n) is 10.9. The van der Waals surface area contributed by atoms with Gasteiger partial charge < -0.3 is 29.7 Å². The molecule has 2 aliphatic carbocycles. The molecular weight excluding hydrogens is 889 g/mol. The molecule has 2 aromatic carbocycles. The lowest BCUT2D eigenvalue weighted by molar-refractivity contribution is -0.157. The zero-order chi connectivity index (χ0) is 46.0. The highest BCUT2D eigenvalue weighted by molar-refractivity contribution is 6.33. The predicted octanol–water partition coefficient (Wildman–Crippen LogP) is 6.32. The Kier molecular flexibility index (Phi) is 10.00. The highest BCUT2D eigenvalue weighted by atomic mass is 35.5. The van der Waals surface area contributed by atoms with Crippen molar-refractivity contribution in [1.82, 2.24) is 34.5 Å². The highest BCUT2D eigenvalue weighted by Gasteiger charge is 2.77. The number of aryl methyl sites for hydroxylation is 2. The number of imide groups is 1. The molecule has 15 nitrogen and oxygen atoms in total. The van der Waals surface area contributed by atoms with Crippen LogP contribution in [-0.2, 0) is 23.7 Å². The van der Waals surface area contributed by atoms with E-state index in [4.69, 9.17) is 21.3 Å². The number of carbonyl (C=O) groups is 2. The van der Waals surface area contributed by atoms with E-state index in [9.17, 15) is 27.6 Å². The van der Waals surface area contributed by atoms with Crippen molar-refractivity contribution in [3.8, 4) is 5.75 Å². The second-order valence-corrected chi connectivity index (χ2v) is 19.3. The molecule has 3 atom stereocenters. The molecule has 66 heavy (non-hydrogen) atoms. The van der Waals surface area contributed by atoms with Gasteiger partial charge in [-0.25, -0.2) is 13.8 Å². The van der Waals surface area contributed by atoms with Crippen molar-refractivity contribution in [2.24, 2.45) is 31.3 Å². The predicted molar refractivity (Wildman–Crippen MR) is 237 cm³/mol. The minimum Gasteiger partial charge on any atom is -0.480 e. The molecule has 0 spiro atoms. The Morgan fingerprint density at radius 2 is 1.77 bits per heavy atom. The molecule has 0 radical (unpaired) electrons. The molecule has 6 aliphatic rings. The van der Waals surface area contributed by atoms with Crippen molar-refractivity contribution in [1.29, 1.82) is 0 Å². The van der Waals surface area contributed by atoms with Crippen LogP contribution in [0.5, 0.6) is 5.75 Å². The summed E-state index contributed by atoms with van der Waals surface area (Å²) >= 11 is 6.62. The van der Waals surface area contributed by atoms with Gasteiger partial charge in [0, 0.05) is 76.2 Å². The topological polar surface area (TPSA) is 155 Å². The van der Waals surface area contributed by atoms with Gasteiger partial charge in [0.25, 0.3) is 5.56 Å². The molecule has 11 rings (SSSR count). The van der Waals surface area contributed by atoms with Crippen LogP contribution in [0.4, 0.5) is 50.8 Å². The van der Waals surface area contributed by atoms with Gasteiger partial charge in [-0.1, -0.05) is 23.7 Å². The number of anilines is 5. The van der Waals surface area contributed by atoms with Gasteiger partial charge in [-0.05, 0) is 73.6 Å². The number of rotatable bonds is 8. The molecule has 348 valence electrons. The number of pyridine rings is 1. The molecule has 5 fully saturated rings. The number of para-hydroxylation sites is 1. The molecule has 1 unspecified atom stereocenters. The number of benzene rings is 2. The molecule has 2 amide bonds. The fraction of sp³-hybridized carbons (Fsp3) is 0.511. The molecular formula is C45H47ClF5N11O4. The van der Waals surface area contributed by atoms with Crippen LogP contribution in [0.15, 0.2) is 47.4 Å². The van der Waals surface area contributed by atoms with E-state index in [1.165, 1.54) is 20.3 Å². The fourth-order valence-corrected chi connectivity index (χ4v) is 11.1. The van der Waals surface area contributed by atoms with E-state index in [-0.39, 0.29) is 60.1 Å². The number of halogens is 6. The number of alkyl halides is 5. The number of hydrogen-bond donors (Lipinski definition) is 3. The zero-order valence-electron chi connectivity index (χ0n) is 36.1. The maximum Gasteiger partial charge on any atom is 0.409 e. The van der Waals surface area contributed by atoms with E-state index < -0.39 is 53.6 Å². The number of aromatic nitrogens is 5. The van der Waals surface area contributed by atoms with Crippen LogP contribution >= 0.6 is 11.6 Å². The third kappa shape index (κ3) is 7.25. The molecule has 4 aliphatic heterocycles. The quantitative estimate of drug-likeness (QED) is 0.118. The summed E-state index contributed by atoms with van der Waals surface area (Å²) < 4.78 is 84.2. The minimum atomic E-state index is -4.53. The van der Waals surface area contributed by atoms with Crippen LogP contribution in [0.2, 0.25) is 5.02 Å². The Morgan fingerprint density at radius 3 is 2.50 bits per heavy atom. The summed E-state index contributed by atoms with van der Waals surface area (Å²) in [6, 6.07) is 7.43. The first-order valence-corrected chi connectivity index (χ1v) is 22.7. The number of hydrogen-bond acceptors (Lipinski definition) is 12. The Labute approximate surface area is 379 Å². The summed E-state index contributed by atoms with van der Waals surface area (Å²) in [4.78, 5) is 52.5. The Morgan fingerprint density at radius 1 is 1.00 bits per heavy atom. The van der Waals surface area contributed by atoms with Gasteiger partial charge in [-0.2, -0.15) is 23.3 Å². The number of ether oxygens (including phenoxy) is 1. The van der Waals surface area contributed by atoms with Crippen molar-refractivity contribution in [3.63, 3.8) is 0 Å². The van der Waals surface area contributed by atoms with Gasteiger partial charge in [0.2, 0.25) is 23.5 Å². The third-order valence-electron chi connectivity index (χ3n) is 14.8. The summed E-state index contributed by atoms with van der Waals surface area (Å²) in [7, 11) is 3.24. The van der Waals surface area contributed by atoms with Crippen LogP contribution in [0, 0.1) is 17.3 Å². The molecule has 0 bridgehead atoms. The smallest absolute Gasteiger partial charge is 0.409 e. The number of fused-ring (bicyclic) bond motifs is 5. The largest absolute Gasteiger partial charge is 0.480 e. The van der Waals surface area contributed by atoms with Gasteiger partial charge in [0.05, 0.1) is 46.3 Å². The molecule has 3 aromatic heterocycles. The van der Waals surface area contributed by atoms with Crippen molar-refractivity contribution >= 4 is 74.0 Å². The first-order valence-electron chi connectivity index (χ1n) is 22.3. The van der Waals surface area contributed by atoms with Crippen molar-refractivity contribution in [2.75, 3.05) is 66.3 Å². The molecule has 5 aromatic rings. The Hall–Kier alpha value is -5.76. The van der Waals surface area contributed by atoms with E-state index in [2.05, 4.69) is 26.0 Å². The van der Waals surface area contributed by atoms with Crippen LogP contribution in [0.25, 0.3) is 21.8 Å². The lowest BCUT2D eigenvalue weighted by Gasteiger charge is -2.45. The number of piperidine rings is 2. The summed E-state index contributed by atoms with van der Waals surface area (Å²) in [5.41, 5.74) is 1.68. The summed E-state index contributed by atoms with van der Waals surface area (Å²) in [5.74, 6) is -3.67. The van der Waals surface area contributed by atoms with Gasteiger partial charge in [0.1, 0.15) is 11.1 Å². The number of amides is 2. The first-order chi connectivity index (χ1) is 31.5. The summed E-state index contributed by atoms with van der Waals surface area (Å²) in [6.45, 7) is 1.09. The lowest BCUT2D eigenvalue weighted by Crippen LogP contribution is -2.60. The zero-order valence-corrected chi connectivity index (χ0v) is 36.9. The maximum absolute atomic E-state index is 15.4. The van der Waals surface area contributed by atoms with E-state index in [1.54, 1.807) is 50.5 Å². The number of nitrogens with zero attached hydrogens (tertiary/aromatic N) is 8. The number of piperazine rings is 1. The normalized spacial score (nSPS) is 26.6. The highest BCUT2D eigenvalue weighted by Crippen LogP contribution is 2.79. The van der Waals surface area contributed by atoms with E-state index in [0.29, 0.717) is 89.7 Å². The summed E-state index contributed by atoms with van der Waals surface area (Å²) in [5, 5.41) is 14.6. The van der Waals surface area contributed by atoms with E-state index >= 15 is 8.78 Å². The lowest BCUT2D eigenvalue weighted by atomic mass is 9.92. The Balaban J connectivity index is 0.764. The van der Waals surface area contributed by atoms with Crippen molar-refractivity contribution in [2.45, 2.75) is 68.6 Å².